The zero-order valence-corrected chi connectivity index (χ0v) is 31.8. The number of carbonyl (C=O) groups excluding carboxylic acids is 2. The van der Waals surface area contributed by atoms with Crippen molar-refractivity contribution < 1.29 is 28.5 Å². The van der Waals surface area contributed by atoms with Crippen molar-refractivity contribution >= 4 is 47.3 Å². The Bertz CT molecular complexity index is 1920. The van der Waals surface area contributed by atoms with Crippen LogP contribution in [0.4, 0.5) is 5.82 Å². The molecular formula is C38H48N4O6SSi. The van der Waals surface area contributed by atoms with Gasteiger partial charge in [-0.1, -0.05) is 61.3 Å². The van der Waals surface area contributed by atoms with Crippen LogP contribution in [-0.2, 0) is 45.1 Å². The molecule has 1 fully saturated rings. The third-order valence-electron chi connectivity index (χ3n) is 8.73. The SMILES string of the molecule is CC(C)(C)OC(=O)c1nc(N2CCc3cccc(C(=O)N=c4sc5ccccc5n4COCC[Si](C)(C)C)c3C2)ccc1CCC1OCCO1. The van der Waals surface area contributed by atoms with E-state index >= 15 is 0 Å². The lowest BCUT2D eigenvalue weighted by molar-refractivity contribution is -0.0463. The maximum atomic E-state index is 14.0. The number of nitrogens with zero attached hydrogens (tertiary/aromatic N) is 4. The van der Waals surface area contributed by atoms with Gasteiger partial charge in [0, 0.05) is 39.8 Å². The van der Waals surface area contributed by atoms with Gasteiger partial charge in [-0.25, -0.2) is 9.78 Å². The fourth-order valence-corrected chi connectivity index (χ4v) is 7.87. The Morgan fingerprint density at radius 2 is 1.82 bits per heavy atom. The fourth-order valence-electron chi connectivity index (χ4n) is 6.09. The van der Waals surface area contributed by atoms with Gasteiger partial charge in [0.1, 0.15) is 18.1 Å². The zero-order chi connectivity index (χ0) is 35.5. The van der Waals surface area contributed by atoms with Gasteiger partial charge in [-0.2, -0.15) is 4.99 Å². The van der Waals surface area contributed by atoms with Crippen molar-refractivity contribution in [1.82, 2.24) is 9.55 Å². The fraction of sp³-hybridized carbons (Fsp3) is 0.474. The number of ether oxygens (including phenoxy) is 4. The predicted molar refractivity (Wildman–Crippen MR) is 198 cm³/mol. The van der Waals surface area contributed by atoms with E-state index in [0.717, 1.165) is 39.4 Å². The van der Waals surface area contributed by atoms with Crippen molar-refractivity contribution in [2.45, 2.75) is 90.9 Å². The smallest absolute Gasteiger partial charge is 0.357 e. The molecule has 0 saturated carbocycles. The molecule has 10 nitrogen and oxygen atoms in total. The Labute approximate surface area is 299 Å². The number of aromatic nitrogens is 2. The summed E-state index contributed by atoms with van der Waals surface area (Å²) in [4.78, 5) is 39.7. The summed E-state index contributed by atoms with van der Waals surface area (Å²) in [6.45, 7) is 15.9. The number of carbonyl (C=O) groups is 2. The highest BCUT2D eigenvalue weighted by Gasteiger charge is 2.27. The number of rotatable bonds is 11. The number of para-hydroxylation sites is 1. The first-order chi connectivity index (χ1) is 23.8. The van der Waals surface area contributed by atoms with Crippen LogP contribution in [0.5, 0.6) is 0 Å². The molecule has 266 valence electrons. The number of benzene rings is 2. The van der Waals surface area contributed by atoms with Gasteiger partial charge in [-0.3, -0.25) is 9.36 Å². The van der Waals surface area contributed by atoms with Crippen molar-refractivity contribution in [3.63, 3.8) is 0 Å². The number of esters is 1. The maximum absolute atomic E-state index is 14.0. The molecule has 2 aliphatic rings. The summed E-state index contributed by atoms with van der Waals surface area (Å²) in [6.07, 6.45) is 1.63. The van der Waals surface area contributed by atoms with Crippen molar-refractivity contribution in [2.24, 2.45) is 4.99 Å². The molecule has 0 aliphatic carbocycles. The van der Waals surface area contributed by atoms with E-state index in [1.807, 2.05) is 73.9 Å². The second-order valence-electron chi connectivity index (χ2n) is 15.0. The minimum atomic E-state index is -1.24. The van der Waals surface area contributed by atoms with Gasteiger partial charge in [-0.05, 0) is 80.6 Å². The summed E-state index contributed by atoms with van der Waals surface area (Å²) < 4.78 is 26.2. The first-order valence-corrected chi connectivity index (χ1v) is 21.9. The largest absolute Gasteiger partial charge is 0.455 e. The Balaban J connectivity index is 1.27. The Hall–Kier alpha value is -3.68. The van der Waals surface area contributed by atoms with Gasteiger partial charge in [0.15, 0.2) is 16.8 Å². The van der Waals surface area contributed by atoms with Crippen molar-refractivity contribution in [1.29, 1.82) is 0 Å². The molecule has 50 heavy (non-hydrogen) atoms. The summed E-state index contributed by atoms with van der Waals surface area (Å²) in [7, 11) is -1.24. The minimum absolute atomic E-state index is 0.286. The standard InChI is InChI=1S/C38H48N4O6SSi/c1-38(2,3)48-36(44)34-27(15-17-33-46-20-21-47-33)14-16-32(39-34)41-19-18-26-10-9-11-28(29(26)24-41)35(43)40-37-42(25-45-22-23-50(4,5)6)30-12-7-8-13-31(30)49-37/h7-14,16,33H,15,17-25H2,1-6H3. The first kappa shape index (κ1) is 36.1. The summed E-state index contributed by atoms with van der Waals surface area (Å²) >= 11 is 1.49. The van der Waals surface area contributed by atoms with Crippen LogP contribution < -0.4 is 9.70 Å². The molecule has 2 aliphatic heterocycles. The van der Waals surface area contributed by atoms with E-state index in [9.17, 15) is 9.59 Å². The van der Waals surface area contributed by atoms with Crippen LogP contribution in [0.1, 0.15) is 64.7 Å². The van der Waals surface area contributed by atoms with Gasteiger partial charge >= 0.3 is 5.97 Å². The summed E-state index contributed by atoms with van der Waals surface area (Å²) in [6, 6.07) is 18.9. The molecule has 1 amide bonds. The van der Waals surface area contributed by atoms with E-state index in [2.05, 4.69) is 30.6 Å². The Kier molecular flexibility index (Phi) is 11.0. The molecular weight excluding hydrogens is 669 g/mol. The quantitative estimate of drug-likeness (QED) is 0.0932. The lowest BCUT2D eigenvalue weighted by atomic mass is 9.94. The van der Waals surface area contributed by atoms with E-state index < -0.39 is 19.6 Å². The van der Waals surface area contributed by atoms with Crippen LogP contribution in [0.15, 0.2) is 59.6 Å². The molecule has 0 bridgehead atoms. The molecule has 0 atom stereocenters. The lowest BCUT2D eigenvalue weighted by Crippen LogP contribution is -2.33. The Morgan fingerprint density at radius 3 is 2.58 bits per heavy atom. The van der Waals surface area contributed by atoms with E-state index in [0.29, 0.717) is 74.4 Å². The molecule has 12 heteroatoms. The number of fused-ring (bicyclic) bond motifs is 2. The zero-order valence-electron chi connectivity index (χ0n) is 30.0. The number of hydrogen-bond donors (Lipinski definition) is 0. The molecule has 1 saturated heterocycles. The van der Waals surface area contributed by atoms with Gasteiger partial charge < -0.3 is 23.8 Å². The van der Waals surface area contributed by atoms with Crippen LogP contribution in [0.2, 0.25) is 25.7 Å². The van der Waals surface area contributed by atoms with Gasteiger partial charge in [0.05, 0.1) is 23.4 Å². The topological polar surface area (TPSA) is 104 Å². The van der Waals surface area contributed by atoms with Crippen LogP contribution in [-0.4, -0.2) is 67.8 Å². The molecule has 2 aromatic carbocycles. The molecule has 0 radical (unpaired) electrons. The van der Waals surface area contributed by atoms with E-state index in [-0.39, 0.29) is 12.2 Å². The lowest BCUT2D eigenvalue weighted by Gasteiger charge is -2.31. The van der Waals surface area contributed by atoms with Crippen molar-refractivity contribution in [2.75, 3.05) is 31.3 Å². The van der Waals surface area contributed by atoms with E-state index in [1.54, 1.807) is 0 Å². The summed E-state index contributed by atoms with van der Waals surface area (Å²) in [5, 5.41) is 0. The van der Waals surface area contributed by atoms with Gasteiger partial charge in [0.2, 0.25) is 0 Å². The second kappa shape index (κ2) is 15.3. The van der Waals surface area contributed by atoms with E-state index in [1.165, 1.54) is 11.3 Å². The Morgan fingerprint density at radius 1 is 1.04 bits per heavy atom. The highest BCUT2D eigenvalue weighted by atomic mass is 32.1. The van der Waals surface area contributed by atoms with Crippen LogP contribution >= 0.6 is 11.3 Å². The number of hydrogen-bond acceptors (Lipinski definition) is 9. The third kappa shape index (κ3) is 8.96. The highest BCUT2D eigenvalue weighted by molar-refractivity contribution is 7.16. The maximum Gasteiger partial charge on any atom is 0.357 e. The predicted octanol–water partition coefficient (Wildman–Crippen LogP) is 6.97. The number of amides is 1. The molecule has 0 unspecified atom stereocenters. The molecule has 0 spiro atoms. The first-order valence-electron chi connectivity index (χ1n) is 17.4. The monoisotopic (exact) mass is 716 g/mol. The number of thiazole rings is 1. The number of aryl methyl sites for hydroxylation is 1. The van der Waals surface area contributed by atoms with Crippen LogP contribution in [0, 0.1) is 0 Å². The number of anilines is 1. The average molecular weight is 717 g/mol. The minimum Gasteiger partial charge on any atom is -0.455 e. The van der Waals surface area contributed by atoms with Gasteiger partial charge in [0.25, 0.3) is 5.91 Å². The normalized spacial score (nSPS) is 15.9. The highest BCUT2D eigenvalue weighted by Crippen LogP contribution is 2.29. The molecule has 6 rings (SSSR count). The van der Waals surface area contributed by atoms with Gasteiger partial charge in [-0.15, -0.1) is 0 Å². The summed E-state index contributed by atoms with van der Waals surface area (Å²) in [5.41, 5.74) is 4.01. The van der Waals surface area contributed by atoms with Crippen molar-refractivity contribution in [3.05, 3.63) is 87.3 Å². The average Bonchev–Trinajstić information content (AvgIpc) is 3.71. The van der Waals surface area contributed by atoms with Crippen molar-refractivity contribution in [3.8, 4) is 0 Å². The molecule has 4 aromatic rings. The second-order valence-corrected chi connectivity index (χ2v) is 21.7. The summed E-state index contributed by atoms with van der Waals surface area (Å²) in [5.74, 6) is -0.0957. The third-order valence-corrected chi connectivity index (χ3v) is 11.5. The van der Waals surface area contributed by atoms with E-state index in [4.69, 9.17) is 28.9 Å². The van der Waals surface area contributed by atoms with Crippen LogP contribution in [0.3, 0.4) is 0 Å². The number of pyridine rings is 1. The van der Waals surface area contributed by atoms with Crippen LogP contribution in [0.25, 0.3) is 10.2 Å². The molecule has 2 aromatic heterocycles. The molecule has 4 heterocycles. The molecule has 0 N–H and O–H groups in total.